The van der Waals surface area contributed by atoms with Crippen LogP contribution < -0.4 is 10.2 Å². The third-order valence-corrected chi connectivity index (χ3v) is 12.8. The van der Waals surface area contributed by atoms with Gasteiger partial charge in [0.15, 0.2) is 5.82 Å². The second-order valence-electron chi connectivity index (χ2n) is 14.8. The number of likely N-dealkylation sites (tertiary alicyclic amines) is 1. The molecule has 2 saturated heterocycles. The summed E-state index contributed by atoms with van der Waals surface area (Å²) < 4.78 is 12.7. The van der Waals surface area contributed by atoms with Crippen molar-refractivity contribution in [1.82, 2.24) is 14.6 Å². The van der Waals surface area contributed by atoms with E-state index in [4.69, 9.17) is 9.11 Å². The standard InChI is InChI=1S/C35H49N5O4S/c1-3-8-23(2)36-35(43)44-22-40(17-15-38(16-18-40)32-28-11-6-7-12-29(28)45-37-32)21-27-10-5-4-9-26(27)20-39-33(41)30-24-13-14-25(19-24)31(30)34(39)42/h6-7,11-12,23-27,30-31H,3-5,8-10,13-22H2,1-2H3/p+1. The van der Waals surface area contributed by atoms with Crippen LogP contribution in [-0.4, -0.2) is 83.7 Å². The molecule has 0 spiro atoms. The maximum Gasteiger partial charge on any atom is 0.411 e. The van der Waals surface area contributed by atoms with Gasteiger partial charge < -0.3 is 15.0 Å². The average Bonchev–Trinajstić information content (AvgIpc) is 3.82. The summed E-state index contributed by atoms with van der Waals surface area (Å²) in [5, 5.41) is 4.22. The zero-order valence-corrected chi connectivity index (χ0v) is 27.8. The molecule has 7 rings (SSSR count). The van der Waals surface area contributed by atoms with E-state index < -0.39 is 0 Å². The first-order chi connectivity index (χ1) is 21.9. The molecule has 3 aliphatic carbocycles. The van der Waals surface area contributed by atoms with Gasteiger partial charge in [0.1, 0.15) is 0 Å². The minimum atomic E-state index is -0.337. The first-order valence-electron chi connectivity index (χ1n) is 17.6. The van der Waals surface area contributed by atoms with Gasteiger partial charge in [0.2, 0.25) is 18.5 Å². The van der Waals surface area contributed by atoms with E-state index >= 15 is 0 Å². The highest BCUT2D eigenvalue weighted by atomic mass is 32.1. The Morgan fingerprint density at radius 2 is 1.73 bits per heavy atom. The Kier molecular flexibility index (Phi) is 8.81. The number of nitrogens with zero attached hydrogens (tertiary/aromatic N) is 4. The molecule has 2 aromatic rings. The normalized spacial score (nSPS) is 31.4. The SMILES string of the molecule is CCCC(C)NC(=O)OC[N+]1(CC2CCCCC2CN2C(=O)C3C4CCC(C4)C3C2=O)CCN(c2nsc3ccccc23)CC1. The number of piperazine rings is 1. The van der Waals surface area contributed by atoms with Crippen LogP contribution in [0.2, 0.25) is 0 Å². The smallest absolute Gasteiger partial charge is 0.399 e. The number of hydrogen-bond donors (Lipinski definition) is 1. The van der Waals surface area contributed by atoms with Crippen LogP contribution in [-0.2, 0) is 14.3 Å². The quantitative estimate of drug-likeness (QED) is 0.268. The molecule has 5 aliphatic rings. The number of carbonyl (C=O) groups excluding carboxylic acids is 3. The van der Waals surface area contributed by atoms with E-state index in [2.05, 4.69) is 41.4 Å². The molecule has 2 bridgehead atoms. The predicted molar refractivity (Wildman–Crippen MR) is 176 cm³/mol. The molecule has 9 nitrogen and oxygen atoms in total. The molecule has 7 atom stereocenters. The number of quaternary nitrogens is 1. The first kappa shape index (κ1) is 30.9. The summed E-state index contributed by atoms with van der Waals surface area (Å²) in [6, 6.07) is 8.51. The molecule has 244 valence electrons. The molecule has 1 aromatic heterocycles. The Labute approximate surface area is 271 Å². The molecule has 3 saturated carbocycles. The van der Waals surface area contributed by atoms with Gasteiger partial charge in [-0.15, -0.1) is 0 Å². The maximum atomic E-state index is 13.6. The van der Waals surface area contributed by atoms with Crippen molar-refractivity contribution in [3.8, 4) is 0 Å². The largest absolute Gasteiger partial charge is 0.411 e. The van der Waals surface area contributed by atoms with Gasteiger partial charge >= 0.3 is 6.09 Å². The monoisotopic (exact) mass is 636 g/mol. The molecular weight excluding hydrogens is 586 g/mol. The lowest BCUT2D eigenvalue weighted by Crippen LogP contribution is -2.63. The number of nitrogens with one attached hydrogen (secondary N) is 1. The van der Waals surface area contributed by atoms with Crippen LogP contribution >= 0.6 is 11.5 Å². The fraction of sp³-hybridized carbons (Fsp3) is 0.714. The highest BCUT2D eigenvalue weighted by molar-refractivity contribution is 7.13. The van der Waals surface area contributed by atoms with Crippen molar-refractivity contribution in [2.45, 2.75) is 77.7 Å². The zero-order chi connectivity index (χ0) is 31.1. The molecule has 2 aliphatic heterocycles. The van der Waals surface area contributed by atoms with E-state index in [1.165, 1.54) is 16.5 Å². The molecule has 0 radical (unpaired) electrons. The summed E-state index contributed by atoms with van der Waals surface area (Å²) in [7, 11) is 0. The van der Waals surface area contributed by atoms with E-state index in [1.54, 1.807) is 16.4 Å². The van der Waals surface area contributed by atoms with Crippen LogP contribution in [0.25, 0.3) is 10.1 Å². The summed E-state index contributed by atoms with van der Waals surface area (Å²) >= 11 is 1.55. The fourth-order valence-electron chi connectivity index (χ4n) is 9.66. The molecule has 7 unspecified atom stereocenters. The summed E-state index contributed by atoms with van der Waals surface area (Å²) in [6.45, 7) is 9.38. The van der Waals surface area contributed by atoms with Crippen LogP contribution in [0, 0.1) is 35.5 Å². The number of anilines is 1. The number of hydrogen-bond acceptors (Lipinski definition) is 7. The number of imide groups is 1. The zero-order valence-electron chi connectivity index (χ0n) is 27.0. The number of ether oxygens (including phenoxy) is 1. The van der Waals surface area contributed by atoms with Crippen molar-refractivity contribution in [2.24, 2.45) is 35.5 Å². The Balaban J connectivity index is 1.06. The Hall–Kier alpha value is -2.72. The molecule has 10 heteroatoms. The van der Waals surface area contributed by atoms with Crippen molar-refractivity contribution >= 4 is 45.3 Å². The van der Waals surface area contributed by atoms with Gasteiger partial charge in [0, 0.05) is 23.9 Å². The van der Waals surface area contributed by atoms with Crippen LogP contribution in [0.5, 0.6) is 0 Å². The lowest BCUT2D eigenvalue weighted by molar-refractivity contribution is -0.947. The van der Waals surface area contributed by atoms with Gasteiger partial charge in [0.05, 0.1) is 49.3 Å². The first-order valence-corrected chi connectivity index (χ1v) is 18.4. The number of alkyl carbamates (subject to hydrolysis) is 1. The third kappa shape index (κ3) is 5.97. The molecular formula is C35H50N5O4S+. The molecule has 3 amide bonds. The number of aromatic nitrogens is 1. The highest BCUT2D eigenvalue weighted by Gasteiger charge is 2.61. The molecule has 1 N–H and O–H groups in total. The van der Waals surface area contributed by atoms with Crippen LogP contribution in [0.4, 0.5) is 10.6 Å². The van der Waals surface area contributed by atoms with Gasteiger partial charge in [-0.2, -0.15) is 4.37 Å². The van der Waals surface area contributed by atoms with Crippen LogP contribution in [0.1, 0.15) is 71.6 Å². The number of amides is 3. The van der Waals surface area contributed by atoms with Crippen molar-refractivity contribution in [2.75, 3.05) is 50.9 Å². The van der Waals surface area contributed by atoms with Gasteiger partial charge in [-0.05, 0) is 86.9 Å². The summed E-state index contributed by atoms with van der Waals surface area (Å²) in [6.07, 6.45) is 9.37. The molecule has 45 heavy (non-hydrogen) atoms. The minimum absolute atomic E-state index is 0.0476. The predicted octanol–water partition coefficient (Wildman–Crippen LogP) is 5.64. The number of benzene rings is 1. The molecule has 3 heterocycles. The van der Waals surface area contributed by atoms with Gasteiger partial charge in [0.25, 0.3) is 0 Å². The van der Waals surface area contributed by atoms with Crippen molar-refractivity contribution in [3.05, 3.63) is 24.3 Å². The summed E-state index contributed by atoms with van der Waals surface area (Å²) in [5.74, 6) is 2.74. The van der Waals surface area contributed by atoms with Gasteiger partial charge in [-0.25, -0.2) is 4.79 Å². The minimum Gasteiger partial charge on any atom is -0.399 e. The van der Waals surface area contributed by atoms with Crippen molar-refractivity contribution < 1.29 is 23.6 Å². The van der Waals surface area contributed by atoms with Gasteiger partial charge in [-0.1, -0.05) is 38.3 Å². The second-order valence-corrected chi connectivity index (χ2v) is 15.6. The van der Waals surface area contributed by atoms with E-state index in [0.29, 0.717) is 41.4 Å². The fourth-order valence-corrected chi connectivity index (χ4v) is 10.5. The highest BCUT2D eigenvalue weighted by Crippen LogP contribution is 2.56. The lowest BCUT2D eigenvalue weighted by Gasteiger charge is -2.47. The maximum absolute atomic E-state index is 13.6. The Morgan fingerprint density at radius 1 is 1.04 bits per heavy atom. The average molecular weight is 637 g/mol. The number of rotatable bonds is 10. The van der Waals surface area contributed by atoms with E-state index in [-0.39, 0.29) is 35.8 Å². The van der Waals surface area contributed by atoms with E-state index in [1.807, 2.05) is 6.92 Å². The third-order valence-electron chi connectivity index (χ3n) is 12.0. The summed E-state index contributed by atoms with van der Waals surface area (Å²) in [5.41, 5.74) is 0. The van der Waals surface area contributed by atoms with Crippen molar-refractivity contribution in [1.29, 1.82) is 0 Å². The Morgan fingerprint density at radius 3 is 2.44 bits per heavy atom. The number of fused-ring (bicyclic) bond motifs is 6. The van der Waals surface area contributed by atoms with E-state index in [0.717, 1.165) is 89.9 Å². The van der Waals surface area contributed by atoms with Crippen LogP contribution in [0.3, 0.4) is 0 Å². The molecule has 5 fully saturated rings. The summed E-state index contributed by atoms with van der Waals surface area (Å²) in [4.78, 5) is 44.2. The van der Waals surface area contributed by atoms with E-state index in [9.17, 15) is 14.4 Å². The molecule has 1 aromatic carbocycles. The second kappa shape index (κ2) is 12.8. The lowest BCUT2D eigenvalue weighted by atomic mass is 9.78. The topological polar surface area (TPSA) is 91.8 Å². The Bertz CT molecular complexity index is 1380. The van der Waals surface area contributed by atoms with Crippen LogP contribution in [0.15, 0.2) is 24.3 Å². The van der Waals surface area contributed by atoms with Crippen molar-refractivity contribution in [3.63, 3.8) is 0 Å². The van der Waals surface area contributed by atoms with Gasteiger partial charge in [-0.3, -0.25) is 19.0 Å². The number of carbonyl (C=O) groups is 3.